The number of phenols is 2. The van der Waals surface area contributed by atoms with Crippen molar-refractivity contribution < 1.29 is 15.3 Å². The molecule has 2 unspecified atom stereocenters. The van der Waals surface area contributed by atoms with Crippen molar-refractivity contribution >= 4 is 0 Å². The van der Waals surface area contributed by atoms with Gasteiger partial charge in [-0.2, -0.15) is 0 Å². The number of aliphatic hydroxyl groups is 1. The molecule has 0 fully saturated rings. The number of hydrogen-bond donors (Lipinski definition) is 4. The van der Waals surface area contributed by atoms with Crippen molar-refractivity contribution in [3.63, 3.8) is 0 Å². The molecule has 5 N–H and O–H groups in total. The molecule has 0 spiro atoms. The molecule has 4 nitrogen and oxygen atoms in total. The van der Waals surface area contributed by atoms with Gasteiger partial charge in [0.2, 0.25) is 0 Å². The van der Waals surface area contributed by atoms with Crippen LogP contribution in [0.25, 0.3) is 0 Å². The summed E-state index contributed by atoms with van der Waals surface area (Å²) in [6, 6.07) is 2.26. The van der Waals surface area contributed by atoms with Gasteiger partial charge in [0, 0.05) is 17.7 Å². The molecule has 0 saturated carbocycles. The number of benzene rings is 1. The average molecular weight is 197 g/mol. The molecule has 0 amide bonds. The molecule has 0 radical (unpaired) electrons. The zero-order valence-electron chi connectivity index (χ0n) is 8.23. The number of aryl methyl sites for hydroxylation is 1. The molecule has 0 heterocycles. The molecule has 4 heteroatoms. The maximum absolute atomic E-state index is 9.63. The summed E-state index contributed by atoms with van der Waals surface area (Å²) in [6.07, 6.45) is -0.922. The minimum Gasteiger partial charge on any atom is -0.508 e. The Labute approximate surface area is 82.6 Å². The normalized spacial score (nSPS) is 15.1. The van der Waals surface area contributed by atoms with Gasteiger partial charge in [0.15, 0.2) is 0 Å². The molecular weight excluding hydrogens is 182 g/mol. The van der Waals surface area contributed by atoms with Gasteiger partial charge >= 0.3 is 0 Å². The fourth-order valence-electron chi connectivity index (χ4n) is 1.23. The molecule has 0 aliphatic rings. The summed E-state index contributed by atoms with van der Waals surface area (Å²) in [5.74, 6) is -0.138. The lowest BCUT2D eigenvalue weighted by atomic mass is 10.0. The molecule has 0 aromatic heterocycles. The summed E-state index contributed by atoms with van der Waals surface area (Å²) in [7, 11) is 0. The topological polar surface area (TPSA) is 86.7 Å². The Morgan fingerprint density at radius 2 is 1.79 bits per heavy atom. The highest BCUT2D eigenvalue weighted by Crippen LogP contribution is 2.31. The van der Waals surface area contributed by atoms with Crippen molar-refractivity contribution in [2.75, 3.05) is 0 Å². The fourth-order valence-corrected chi connectivity index (χ4v) is 1.23. The third kappa shape index (κ3) is 1.97. The fraction of sp³-hybridized carbons (Fsp3) is 0.400. The third-order valence-electron chi connectivity index (χ3n) is 2.16. The van der Waals surface area contributed by atoms with Crippen LogP contribution < -0.4 is 5.73 Å². The van der Waals surface area contributed by atoms with Crippen LogP contribution in [0.3, 0.4) is 0 Å². The van der Waals surface area contributed by atoms with Gasteiger partial charge in [-0.1, -0.05) is 0 Å². The first kappa shape index (κ1) is 10.8. The maximum atomic E-state index is 9.63. The van der Waals surface area contributed by atoms with Gasteiger partial charge < -0.3 is 21.1 Å². The molecule has 14 heavy (non-hydrogen) atoms. The summed E-state index contributed by atoms with van der Waals surface area (Å²) in [4.78, 5) is 0. The van der Waals surface area contributed by atoms with Crippen LogP contribution in [0.4, 0.5) is 0 Å². The number of phenolic OH excluding ortho intramolecular Hbond substituents is 2. The lowest BCUT2D eigenvalue weighted by Gasteiger charge is -2.17. The maximum Gasteiger partial charge on any atom is 0.125 e. The number of aliphatic hydroxyl groups excluding tert-OH is 1. The number of hydrogen-bond acceptors (Lipinski definition) is 4. The minimum absolute atomic E-state index is 0.00289. The third-order valence-corrected chi connectivity index (χ3v) is 2.16. The zero-order chi connectivity index (χ0) is 10.9. The Hall–Kier alpha value is -1.26. The van der Waals surface area contributed by atoms with E-state index in [0.717, 1.165) is 0 Å². The second-order valence-electron chi connectivity index (χ2n) is 3.50. The van der Waals surface area contributed by atoms with E-state index in [0.29, 0.717) is 11.1 Å². The summed E-state index contributed by atoms with van der Waals surface area (Å²) >= 11 is 0. The summed E-state index contributed by atoms with van der Waals surface area (Å²) < 4.78 is 0. The molecule has 0 saturated heterocycles. The van der Waals surface area contributed by atoms with E-state index in [1.165, 1.54) is 12.1 Å². The lowest BCUT2D eigenvalue weighted by molar-refractivity contribution is 0.149. The number of rotatable bonds is 2. The van der Waals surface area contributed by atoms with E-state index in [9.17, 15) is 15.3 Å². The zero-order valence-corrected chi connectivity index (χ0v) is 8.23. The van der Waals surface area contributed by atoms with E-state index in [1.54, 1.807) is 13.8 Å². The summed E-state index contributed by atoms with van der Waals surface area (Å²) in [5, 5.41) is 28.4. The SMILES string of the molecule is Cc1cc(C(O)C(C)N)c(O)cc1O. The van der Waals surface area contributed by atoms with Crippen LogP contribution in [0.2, 0.25) is 0 Å². The van der Waals surface area contributed by atoms with E-state index in [1.807, 2.05) is 0 Å². The van der Waals surface area contributed by atoms with E-state index in [2.05, 4.69) is 0 Å². The minimum atomic E-state index is -0.922. The van der Waals surface area contributed by atoms with E-state index in [-0.39, 0.29) is 11.5 Å². The Morgan fingerprint density at radius 3 is 2.29 bits per heavy atom. The van der Waals surface area contributed by atoms with Gasteiger partial charge in [-0.15, -0.1) is 0 Å². The first-order valence-corrected chi connectivity index (χ1v) is 4.39. The Kier molecular flexibility index (Phi) is 2.98. The van der Waals surface area contributed by atoms with Gasteiger partial charge in [0.1, 0.15) is 11.5 Å². The summed E-state index contributed by atoms with van der Waals surface area (Å²) in [5.41, 5.74) is 6.44. The predicted molar refractivity (Wildman–Crippen MR) is 53.1 cm³/mol. The van der Waals surface area contributed by atoms with Gasteiger partial charge in [-0.05, 0) is 25.5 Å². The Balaban J connectivity index is 3.15. The predicted octanol–water partition coefficient (Wildman–Crippen LogP) is 0.787. The second kappa shape index (κ2) is 3.86. The first-order chi connectivity index (χ1) is 6.43. The number of aromatic hydroxyl groups is 2. The van der Waals surface area contributed by atoms with Crippen LogP contribution in [-0.2, 0) is 0 Å². The van der Waals surface area contributed by atoms with Crippen molar-refractivity contribution in [1.82, 2.24) is 0 Å². The van der Waals surface area contributed by atoms with Crippen LogP contribution in [-0.4, -0.2) is 21.4 Å². The lowest BCUT2D eigenvalue weighted by Crippen LogP contribution is -2.24. The first-order valence-electron chi connectivity index (χ1n) is 4.39. The van der Waals surface area contributed by atoms with Crippen molar-refractivity contribution in [2.45, 2.75) is 26.0 Å². The highest BCUT2D eigenvalue weighted by molar-refractivity contribution is 5.45. The summed E-state index contributed by atoms with van der Waals surface area (Å²) in [6.45, 7) is 3.33. The number of nitrogens with two attached hydrogens (primary N) is 1. The molecule has 0 bridgehead atoms. The largest absolute Gasteiger partial charge is 0.508 e. The smallest absolute Gasteiger partial charge is 0.125 e. The highest BCUT2D eigenvalue weighted by atomic mass is 16.3. The Bertz CT molecular complexity index is 336. The van der Waals surface area contributed by atoms with Crippen LogP contribution in [0.5, 0.6) is 11.5 Å². The monoisotopic (exact) mass is 197 g/mol. The molecule has 0 aliphatic carbocycles. The highest BCUT2D eigenvalue weighted by Gasteiger charge is 2.17. The molecule has 78 valence electrons. The van der Waals surface area contributed by atoms with Gasteiger partial charge in [-0.3, -0.25) is 0 Å². The van der Waals surface area contributed by atoms with Gasteiger partial charge in [0.05, 0.1) is 6.10 Å². The average Bonchev–Trinajstić information content (AvgIpc) is 2.10. The molecule has 1 aromatic rings. The van der Waals surface area contributed by atoms with E-state index in [4.69, 9.17) is 5.73 Å². The molecule has 1 rings (SSSR count). The van der Waals surface area contributed by atoms with Gasteiger partial charge in [0.25, 0.3) is 0 Å². The molecule has 2 atom stereocenters. The van der Waals surface area contributed by atoms with Gasteiger partial charge in [-0.25, -0.2) is 0 Å². The van der Waals surface area contributed by atoms with Crippen molar-refractivity contribution in [3.8, 4) is 11.5 Å². The van der Waals surface area contributed by atoms with Crippen molar-refractivity contribution in [3.05, 3.63) is 23.3 Å². The molecule has 1 aromatic carbocycles. The van der Waals surface area contributed by atoms with Crippen LogP contribution >= 0.6 is 0 Å². The standard InChI is InChI=1S/C10H15NO3/c1-5-3-7(10(14)6(2)11)9(13)4-8(5)12/h3-4,6,10,12-14H,11H2,1-2H3. The van der Waals surface area contributed by atoms with Crippen molar-refractivity contribution in [1.29, 1.82) is 0 Å². The van der Waals surface area contributed by atoms with Crippen molar-refractivity contribution in [2.24, 2.45) is 5.73 Å². The quantitative estimate of drug-likeness (QED) is 0.564. The van der Waals surface area contributed by atoms with E-state index >= 15 is 0 Å². The van der Waals surface area contributed by atoms with Crippen LogP contribution in [0, 0.1) is 6.92 Å². The molecule has 0 aliphatic heterocycles. The van der Waals surface area contributed by atoms with Crippen LogP contribution in [0.1, 0.15) is 24.2 Å². The van der Waals surface area contributed by atoms with Crippen LogP contribution in [0.15, 0.2) is 12.1 Å². The second-order valence-corrected chi connectivity index (χ2v) is 3.50. The molecular formula is C10H15NO3. The Morgan fingerprint density at radius 1 is 1.21 bits per heavy atom. The van der Waals surface area contributed by atoms with E-state index < -0.39 is 12.1 Å².